The summed E-state index contributed by atoms with van der Waals surface area (Å²) in [7, 11) is 0. The molecule has 4 heteroatoms. The first-order chi connectivity index (χ1) is 9.11. The number of hydrazine groups is 1. The number of halogens is 1. The van der Waals surface area contributed by atoms with Crippen LogP contribution in [0.1, 0.15) is 28.4 Å². The Morgan fingerprint density at radius 2 is 2.11 bits per heavy atom. The van der Waals surface area contributed by atoms with Crippen LogP contribution < -0.4 is 11.3 Å². The van der Waals surface area contributed by atoms with Crippen molar-refractivity contribution in [2.24, 2.45) is 5.84 Å². The van der Waals surface area contributed by atoms with Gasteiger partial charge in [0.15, 0.2) is 0 Å². The lowest BCUT2D eigenvalue weighted by atomic mass is 9.98. The van der Waals surface area contributed by atoms with Crippen molar-refractivity contribution in [3.8, 4) is 0 Å². The molecule has 3 N–H and O–H groups in total. The van der Waals surface area contributed by atoms with E-state index in [0.717, 1.165) is 33.8 Å². The van der Waals surface area contributed by atoms with Crippen LogP contribution >= 0.6 is 11.6 Å². The smallest absolute Gasteiger partial charge is 0.0518 e. The van der Waals surface area contributed by atoms with Gasteiger partial charge in [0.1, 0.15) is 0 Å². The van der Waals surface area contributed by atoms with Gasteiger partial charge in [-0.15, -0.1) is 0 Å². The molecule has 2 rings (SSSR count). The first-order valence-electron chi connectivity index (χ1n) is 6.24. The van der Waals surface area contributed by atoms with Crippen LogP contribution in [0.3, 0.4) is 0 Å². The van der Waals surface area contributed by atoms with Gasteiger partial charge in [-0.25, -0.2) is 0 Å². The summed E-state index contributed by atoms with van der Waals surface area (Å²) in [5.41, 5.74) is 7.17. The largest absolute Gasteiger partial charge is 0.271 e. The van der Waals surface area contributed by atoms with E-state index >= 15 is 0 Å². The van der Waals surface area contributed by atoms with E-state index in [2.05, 4.69) is 16.5 Å². The molecule has 3 nitrogen and oxygen atoms in total. The van der Waals surface area contributed by atoms with E-state index in [1.54, 1.807) is 6.20 Å². The molecule has 0 bridgehead atoms. The number of nitrogens with zero attached hydrogens (tertiary/aromatic N) is 1. The summed E-state index contributed by atoms with van der Waals surface area (Å²) in [5.74, 6) is 5.68. The molecule has 1 atom stereocenters. The Bertz CT molecular complexity index is 569. The second kappa shape index (κ2) is 6.15. The van der Waals surface area contributed by atoms with E-state index in [1.165, 1.54) is 0 Å². The van der Waals surface area contributed by atoms with Crippen molar-refractivity contribution >= 4 is 11.6 Å². The van der Waals surface area contributed by atoms with Crippen LogP contribution in [-0.2, 0) is 6.42 Å². The summed E-state index contributed by atoms with van der Waals surface area (Å²) < 4.78 is 0. The van der Waals surface area contributed by atoms with Crippen molar-refractivity contribution in [1.29, 1.82) is 0 Å². The summed E-state index contributed by atoms with van der Waals surface area (Å²) >= 11 is 6.27. The molecule has 0 amide bonds. The number of hydrogen-bond acceptors (Lipinski definition) is 3. The van der Waals surface area contributed by atoms with Crippen molar-refractivity contribution in [1.82, 2.24) is 10.4 Å². The van der Waals surface area contributed by atoms with Gasteiger partial charge in [-0.3, -0.25) is 16.3 Å². The standard InChI is InChI=1S/C15H18ClN3/c1-10-5-6-12(14(16)8-10)9-15(19-17)13-4-3-7-18-11(13)2/h3-8,15,19H,9,17H2,1-2H3. The molecule has 1 unspecified atom stereocenters. The van der Waals surface area contributed by atoms with Crippen molar-refractivity contribution < 1.29 is 0 Å². The summed E-state index contributed by atoms with van der Waals surface area (Å²) in [6, 6.07) is 10.0. The Labute approximate surface area is 118 Å². The summed E-state index contributed by atoms with van der Waals surface area (Å²) in [6.07, 6.45) is 2.52. The van der Waals surface area contributed by atoms with Crippen LogP contribution in [0.2, 0.25) is 5.02 Å². The molecule has 19 heavy (non-hydrogen) atoms. The lowest BCUT2D eigenvalue weighted by Crippen LogP contribution is -2.30. The molecule has 0 aliphatic rings. The van der Waals surface area contributed by atoms with Gasteiger partial charge >= 0.3 is 0 Å². The van der Waals surface area contributed by atoms with E-state index in [1.807, 2.05) is 38.1 Å². The summed E-state index contributed by atoms with van der Waals surface area (Å²) in [4.78, 5) is 4.30. The van der Waals surface area contributed by atoms with Crippen molar-refractivity contribution in [3.63, 3.8) is 0 Å². The van der Waals surface area contributed by atoms with Gasteiger partial charge in [-0.1, -0.05) is 29.8 Å². The number of benzene rings is 1. The van der Waals surface area contributed by atoms with Crippen LogP contribution in [0.4, 0.5) is 0 Å². The molecule has 0 aliphatic heterocycles. The molecule has 1 heterocycles. The highest BCUT2D eigenvalue weighted by Gasteiger charge is 2.14. The molecule has 2 aromatic rings. The highest BCUT2D eigenvalue weighted by atomic mass is 35.5. The zero-order valence-corrected chi connectivity index (χ0v) is 11.9. The van der Waals surface area contributed by atoms with Gasteiger partial charge < -0.3 is 0 Å². The molecular formula is C15H18ClN3. The first-order valence-corrected chi connectivity index (χ1v) is 6.62. The molecule has 0 aliphatic carbocycles. The van der Waals surface area contributed by atoms with Gasteiger partial charge in [0.05, 0.1) is 6.04 Å². The molecule has 0 radical (unpaired) electrons. The second-order valence-electron chi connectivity index (χ2n) is 4.70. The van der Waals surface area contributed by atoms with Crippen LogP contribution in [0.25, 0.3) is 0 Å². The summed E-state index contributed by atoms with van der Waals surface area (Å²) in [5, 5.41) is 0.779. The Hall–Kier alpha value is -1.42. The van der Waals surface area contributed by atoms with Gasteiger partial charge in [0.2, 0.25) is 0 Å². The van der Waals surface area contributed by atoms with Crippen LogP contribution in [-0.4, -0.2) is 4.98 Å². The van der Waals surface area contributed by atoms with E-state index in [4.69, 9.17) is 17.4 Å². The normalized spacial score (nSPS) is 12.4. The van der Waals surface area contributed by atoms with Crippen LogP contribution in [0, 0.1) is 13.8 Å². The van der Waals surface area contributed by atoms with Gasteiger partial charge in [0, 0.05) is 16.9 Å². The van der Waals surface area contributed by atoms with Gasteiger partial charge in [0.25, 0.3) is 0 Å². The topological polar surface area (TPSA) is 50.9 Å². The highest BCUT2D eigenvalue weighted by Crippen LogP contribution is 2.25. The maximum atomic E-state index is 6.27. The monoisotopic (exact) mass is 275 g/mol. The van der Waals surface area contributed by atoms with Crippen LogP contribution in [0.15, 0.2) is 36.5 Å². The average molecular weight is 276 g/mol. The number of nitrogens with one attached hydrogen (secondary N) is 1. The molecule has 1 aromatic carbocycles. The number of hydrogen-bond donors (Lipinski definition) is 2. The zero-order valence-electron chi connectivity index (χ0n) is 11.2. The third kappa shape index (κ3) is 3.32. The second-order valence-corrected chi connectivity index (χ2v) is 5.10. The molecule has 100 valence electrons. The maximum absolute atomic E-state index is 6.27. The molecule has 0 saturated carbocycles. The fraction of sp³-hybridized carbons (Fsp3) is 0.267. The first kappa shape index (κ1) is 14.0. The van der Waals surface area contributed by atoms with E-state index < -0.39 is 0 Å². The van der Waals surface area contributed by atoms with Crippen molar-refractivity contribution in [2.75, 3.05) is 0 Å². The highest BCUT2D eigenvalue weighted by molar-refractivity contribution is 6.31. The third-order valence-electron chi connectivity index (χ3n) is 3.26. The third-order valence-corrected chi connectivity index (χ3v) is 3.61. The lowest BCUT2D eigenvalue weighted by molar-refractivity contribution is 0.547. The molecule has 0 saturated heterocycles. The Kier molecular flexibility index (Phi) is 4.53. The average Bonchev–Trinajstić information content (AvgIpc) is 2.39. The van der Waals surface area contributed by atoms with Crippen molar-refractivity contribution in [3.05, 3.63) is 63.9 Å². The fourth-order valence-corrected chi connectivity index (χ4v) is 2.47. The minimum absolute atomic E-state index is 0.00825. The minimum Gasteiger partial charge on any atom is -0.271 e. The molecule has 1 aromatic heterocycles. The number of rotatable bonds is 4. The van der Waals surface area contributed by atoms with Gasteiger partial charge in [-0.05, 0) is 49.1 Å². The summed E-state index contributed by atoms with van der Waals surface area (Å²) in [6.45, 7) is 4.01. The Morgan fingerprint density at radius 1 is 1.32 bits per heavy atom. The number of aromatic nitrogens is 1. The van der Waals surface area contributed by atoms with Crippen LogP contribution in [0.5, 0.6) is 0 Å². The molecule has 0 spiro atoms. The number of aryl methyl sites for hydroxylation is 2. The zero-order chi connectivity index (χ0) is 13.8. The Morgan fingerprint density at radius 3 is 2.74 bits per heavy atom. The quantitative estimate of drug-likeness (QED) is 0.666. The number of pyridine rings is 1. The fourth-order valence-electron chi connectivity index (χ4n) is 2.16. The van der Waals surface area contributed by atoms with Crippen molar-refractivity contribution in [2.45, 2.75) is 26.3 Å². The van der Waals surface area contributed by atoms with Gasteiger partial charge in [-0.2, -0.15) is 0 Å². The predicted molar refractivity (Wildman–Crippen MR) is 78.9 cm³/mol. The SMILES string of the molecule is Cc1ccc(CC(NN)c2cccnc2C)c(Cl)c1. The molecular weight excluding hydrogens is 258 g/mol. The molecule has 0 fully saturated rings. The van der Waals surface area contributed by atoms with E-state index in [9.17, 15) is 0 Å². The Balaban J connectivity index is 2.27. The number of nitrogens with two attached hydrogens (primary N) is 1. The predicted octanol–water partition coefficient (Wildman–Crippen LogP) is 3.10. The maximum Gasteiger partial charge on any atom is 0.0518 e. The lowest BCUT2D eigenvalue weighted by Gasteiger charge is -2.18. The van der Waals surface area contributed by atoms with E-state index in [-0.39, 0.29) is 6.04 Å². The van der Waals surface area contributed by atoms with E-state index in [0.29, 0.717) is 0 Å². The minimum atomic E-state index is 0.00825.